The van der Waals surface area contributed by atoms with E-state index < -0.39 is 0 Å². The maximum absolute atomic E-state index is 4.45. The summed E-state index contributed by atoms with van der Waals surface area (Å²) in [6.45, 7) is 4.49. The lowest BCUT2D eigenvalue weighted by atomic mass is 9.71. The monoisotopic (exact) mass is 309 g/mol. The number of aromatic nitrogens is 1. The Morgan fingerprint density at radius 3 is 2.78 bits per heavy atom. The molecular formula is C14H20BrN3. The lowest BCUT2D eigenvalue weighted by molar-refractivity contribution is 0.185. The summed E-state index contributed by atoms with van der Waals surface area (Å²) < 4.78 is 1.03. The SMILES string of the molecule is CC1CCC2(CC1)CNc1cc(Br)cnc1NC2. The van der Waals surface area contributed by atoms with Crippen molar-refractivity contribution in [1.29, 1.82) is 0 Å². The van der Waals surface area contributed by atoms with Crippen LogP contribution >= 0.6 is 15.9 Å². The molecule has 0 atom stereocenters. The first-order chi connectivity index (χ1) is 8.67. The van der Waals surface area contributed by atoms with Crippen LogP contribution < -0.4 is 10.6 Å². The van der Waals surface area contributed by atoms with Crippen LogP contribution in [0.4, 0.5) is 11.5 Å². The van der Waals surface area contributed by atoms with E-state index >= 15 is 0 Å². The molecule has 1 saturated carbocycles. The maximum Gasteiger partial charge on any atom is 0.149 e. The standard InChI is InChI=1S/C14H20BrN3/c1-10-2-4-14(5-3-10)8-17-12-6-11(15)7-16-13(12)18-9-14/h6-7,10,17H,2-5,8-9H2,1H3,(H,16,18). The Kier molecular flexibility index (Phi) is 3.22. The predicted octanol–water partition coefficient (Wildman–Crippen LogP) is 3.88. The van der Waals surface area contributed by atoms with Gasteiger partial charge in [-0.05, 0) is 40.8 Å². The van der Waals surface area contributed by atoms with Crippen LogP contribution in [0.5, 0.6) is 0 Å². The van der Waals surface area contributed by atoms with Crippen molar-refractivity contribution >= 4 is 27.4 Å². The van der Waals surface area contributed by atoms with E-state index in [-0.39, 0.29) is 0 Å². The van der Waals surface area contributed by atoms with Crippen molar-refractivity contribution in [3.63, 3.8) is 0 Å². The summed E-state index contributed by atoms with van der Waals surface area (Å²) in [5, 5.41) is 7.12. The predicted molar refractivity (Wildman–Crippen MR) is 79.0 cm³/mol. The van der Waals surface area contributed by atoms with Crippen molar-refractivity contribution < 1.29 is 0 Å². The molecule has 0 bridgehead atoms. The molecule has 2 N–H and O–H groups in total. The Morgan fingerprint density at radius 2 is 2.00 bits per heavy atom. The van der Waals surface area contributed by atoms with Crippen molar-refractivity contribution in [2.75, 3.05) is 23.7 Å². The van der Waals surface area contributed by atoms with Gasteiger partial charge in [0.15, 0.2) is 0 Å². The molecule has 0 aromatic carbocycles. The number of nitrogens with zero attached hydrogens (tertiary/aromatic N) is 1. The van der Waals surface area contributed by atoms with E-state index in [1.807, 2.05) is 6.20 Å². The first-order valence-electron chi connectivity index (χ1n) is 6.80. The van der Waals surface area contributed by atoms with Crippen LogP contribution in [-0.2, 0) is 0 Å². The van der Waals surface area contributed by atoms with E-state index in [0.717, 1.165) is 35.0 Å². The number of fused-ring (bicyclic) bond motifs is 1. The van der Waals surface area contributed by atoms with Crippen molar-refractivity contribution in [3.05, 3.63) is 16.7 Å². The number of anilines is 2. The Bertz CT molecular complexity index is 439. The summed E-state index contributed by atoms with van der Waals surface area (Å²) >= 11 is 3.48. The number of hydrogen-bond acceptors (Lipinski definition) is 3. The van der Waals surface area contributed by atoms with Crippen molar-refractivity contribution in [2.24, 2.45) is 11.3 Å². The Labute approximate surface area is 117 Å². The van der Waals surface area contributed by atoms with Crippen LogP contribution in [0, 0.1) is 11.3 Å². The molecule has 0 amide bonds. The highest BCUT2D eigenvalue weighted by atomic mass is 79.9. The van der Waals surface area contributed by atoms with Gasteiger partial charge >= 0.3 is 0 Å². The lowest BCUT2D eigenvalue weighted by Crippen LogP contribution is -2.38. The van der Waals surface area contributed by atoms with Crippen molar-refractivity contribution in [2.45, 2.75) is 32.6 Å². The van der Waals surface area contributed by atoms with Crippen LogP contribution in [0.1, 0.15) is 32.6 Å². The Hall–Kier alpha value is -0.770. The highest BCUT2D eigenvalue weighted by molar-refractivity contribution is 9.10. The molecule has 2 heterocycles. The molecule has 98 valence electrons. The minimum Gasteiger partial charge on any atom is -0.381 e. The summed E-state index contributed by atoms with van der Waals surface area (Å²) in [5.74, 6) is 1.89. The van der Waals surface area contributed by atoms with E-state index in [2.05, 4.69) is 44.5 Å². The number of pyridine rings is 1. The zero-order valence-corrected chi connectivity index (χ0v) is 12.4. The normalized spacial score (nSPS) is 31.1. The summed E-state index contributed by atoms with van der Waals surface area (Å²) in [4.78, 5) is 4.45. The zero-order valence-electron chi connectivity index (χ0n) is 10.8. The van der Waals surface area contributed by atoms with Gasteiger partial charge in [0.1, 0.15) is 5.82 Å². The molecule has 3 rings (SSSR count). The van der Waals surface area contributed by atoms with Gasteiger partial charge in [0.25, 0.3) is 0 Å². The molecule has 1 aliphatic heterocycles. The second-order valence-corrected chi connectivity index (χ2v) is 6.86. The smallest absolute Gasteiger partial charge is 0.149 e. The summed E-state index contributed by atoms with van der Waals surface area (Å²) in [5.41, 5.74) is 1.54. The number of halogens is 1. The fourth-order valence-corrected chi connectivity index (χ4v) is 3.39. The highest BCUT2D eigenvalue weighted by Gasteiger charge is 2.35. The molecule has 4 heteroatoms. The summed E-state index contributed by atoms with van der Waals surface area (Å²) in [6.07, 6.45) is 7.22. The van der Waals surface area contributed by atoms with Crippen LogP contribution in [0.3, 0.4) is 0 Å². The Balaban J connectivity index is 1.78. The van der Waals surface area contributed by atoms with E-state index in [9.17, 15) is 0 Å². The van der Waals surface area contributed by atoms with Gasteiger partial charge in [0.2, 0.25) is 0 Å². The fraction of sp³-hybridized carbons (Fsp3) is 0.643. The molecular weight excluding hydrogens is 290 g/mol. The summed E-state index contributed by atoms with van der Waals surface area (Å²) in [6, 6.07) is 2.11. The molecule has 0 unspecified atom stereocenters. The van der Waals surface area contributed by atoms with Crippen LogP contribution in [0.15, 0.2) is 16.7 Å². The first-order valence-corrected chi connectivity index (χ1v) is 7.59. The average molecular weight is 310 g/mol. The number of rotatable bonds is 0. The van der Waals surface area contributed by atoms with Gasteiger partial charge < -0.3 is 10.6 Å². The largest absolute Gasteiger partial charge is 0.381 e. The Morgan fingerprint density at radius 1 is 1.28 bits per heavy atom. The maximum atomic E-state index is 4.45. The van der Waals surface area contributed by atoms with Gasteiger partial charge in [-0.1, -0.05) is 19.8 Å². The van der Waals surface area contributed by atoms with Crippen LogP contribution in [0.25, 0.3) is 0 Å². The van der Waals surface area contributed by atoms with E-state index in [0.29, 0.717) is 5.41 Å². The molecule has 0 radical (unpaired) electrons. The molecule has 1 aliphatic carbocycles. The van der Waals surface area contributed by atoms with Gasteiger partial charge in [-0.15, -0.1) is 0 Å². The van der Waals surface area contributed by atoms with E-state index in [1.165, 1.54) is 25.7 Å². The summed E-state index contributed by atoms with van der Waals surface area (Å²) in [7, 11) is 0. The number of hydrogen-bond donors (Lipinski definition) is 2. The third kappa shape index (κ3) is 2.35. The lowest BCUT2D eigenvalue weighted by Gasteiger charge is -2.38. The second-order valence-electron chi connectivity index (χ2n) is 5.94. The minimum atomic E-state index is 0.416. The number of nitrogens with one attached hydrogen (secondary N) is 2. The van der Waals surface area contributed by atoms with Gasteiger partial charge in [-0.2, -0.15) is 0 Å². The molecule has 1 aromatic heterocycles. The molecule has 1 spiro atoms. The molecule has 3 nitrogen and oxygen atoms in total. The van der Waals surface area contributed by atoms with Gasteiger partial charge in [0.05, 0.1) is 5.69 Å². The molecule has 0 saturated heterocycles. The highest BCUT2D eigenvalue weighted by Crippen LogP contribution is 2.41. The van der Waals surface area contributed by atoms with Crippen LogP contribution in [0.2, 0.25) is 0 Å². The van der Waals surface area contributed by atoms with Gasteiger partial charge in [0, 0.05) is 29.2 Å². The molecule has 1 fully saturated rings. The van der Waals surface area contributed by atoms with Gasteiger partial charge in [-0.25, -0.2) is 4.98 Å². The molecule has 2 aliphatic rings. The third-order valence-corrected chi connectivity index (χ3v) is 4.91. The van der Waals surface area contributed by atoms with E-state index in [4.69, 9.17) is 0 Å². The minimum absolute atomic E-state index is 0.416. The fourth-order valence-electron chi connectivity index (χ4n) is 3.06. The van der Waals surface area contributed by atoms with Crippen molar-refractivity contribution in [1.82, 2.24) is 4.98 Å². The molecule has 1 aromatic rings. The zero-order chi connectivity index (χ0) is 12.6. The van der Waals surface area contributed by atoms with Gasteiger partial charge in [-0.3, -0.25) is 0 Å². The third-order valence-electron chi connectivity index (χ3n) is 4.47. The molecule has 18 heavy (non-hydrogen) atoms. The quantitative estimate of drug-likeness (QED) is 0.763. The van der Waals surface area contributed by atoms with Crippen molar-refractivity contribution in [3.8, 4) is 0 Å². The van der Waals surface area contributed by atoms with Crippen LogP contribution in [-0.4, -0.2) is 18.1 Å². The second kappa shape index (κ2) is 4.72. The first kappa shape index (κ1) is 12.3. The van der Waals surface area contributed by atoms with E-state index in [1.54, 1.807) is 0 Å². The topological polar surface area (TPSA) is 37.0 Å². The average Bonchev–Trinajstić information content (AvgIpc) is 2.54.